The molecule has 0 atom stereocenters. The number of carbonyl (C=O) groups is 1. The summed E-state index contributed by atoms with van der Waals surface area (Å²) in [6.45, 7) is 0. The Hall–Kier alpha value is -2.09. The third-order valence-electron chi connectivity index (χ3n) is 1.21. The number of aromatic amines is 1. The zero-order valence-electron chi connectivity index (χ0n) is 6.11. The second-order valence-electron chi connectivity index (χ2n) is 2.04. The highest BCUT2D eigenvalue weighted by Crippen LogP contribution is 2.00. The fourth-order valence-electron chi connectivity index (χ4n) is 0.660. The second-order valence-corrected chi connectivity index (χ2v) is 2.04. The number of aromatic nitrogens is 2. The first-order valence-corrected chi connectivity index (χ1v) is 3.14. The van der Waals surface area contributed by atoms with E-state index in [1.807, 2.05) is 0 Å². The van der Waals surface area contributed by atoms with Crippen molar-refractivity contribution in [1.82, 2.24) is 9.97 Å². The Kier molecular flexibility index (Phi) is 2.23. The SMILES string of the molecule is N#C/C(=C\c1cnc[nH]1)C(N)=O. The van der Waals surface area contributed by atoms with Crippen LogP contribution in [0.2, 0.25) is 0 Å². The molecule has 0 radical (unpaired) electrons. The summed E-state index contributed by atoms with van der Waals surface area (Å²) in [4.78, 5) is 17.0. The minimum atomic E-state index is -0.743. The number of hydrogen-bond donors (Lipinski definition) is 2. The molecule has 0 spiro atoms. The van der Waals surface area contributed by atoms with E-state index < -0.39 is 5.91 Å². The van der Waals surface area contributed by atoms with Gasteiger partial charge in [-0.2, -0.15) is 5.26 Å². The summed E-state index contributed by atoms with van der Waals surface area (Å²) in [5.41, 5.74) is 5.38. The summed E-state index contributed by atoms with van der Waals surface area (Å²) in [5.74, 6) is -0.743. The molecular weight excluding hydrogens is 156 g/mol. The normalized spacial score (nSPS) is 10.8. The molecule has 1 aromatic heterocycles. The number of primary amides is 1. The second kappa shape index (κ2) is 3.34. The monoisotopic (exact) mass is 162 g/mol. The van der Waals surface area contributed by atoms with E-state index in [-0.39, 0.29) is 5.57 Å². The molecule has 5 nitrogen and oxygen atoms in total. The lowest BCUT2D eigenvalue weighted by atomic mass is 10.2. The molecule has 12 heavy (non-hydrogen) atoms. The molecule has 1 amide bonds. The van der Waals surface area contributed by atoms with Crippen molar-refractivity contribution in [3.8, 4) is 6.07 Å². The third-order valence-corrected chi connectivity index (χ3v) is 1.21. The fraction of sp³-hybridized carbons (Fsp3) is 0. The smallest absolute Gasteiger partial charge is 0.259 e. The van der Waals surface area contributed by atoms with Crippen molar-refractivity contribution in [2.75, 3.05) is 0 Å². The molecule has 0 bridgehead atoms. The third kappa shape index (κ3) is 1.70. The van der Waals surface area contributed by atoms with E-state index in [0.717, 1.165) is 0 Å². The van der Waals surface area contributed by atoms with E-state index in [2.05, 4.69) is 9.97 Å². The Morgan fingerprint density at radius 1 is 1.83 bits per heavy atom. The van der Waals surface area contributed by atoms with E-state index in [1.54, 1.807) is 6.07 Å². The highest BCUT2D eigenvalue weighted by Gasteiger charge is 2.02. The van der Waals surface area contributed by atoms with Gasteiger partial charge in [0.25, 0.3) is 5.91 Å². The predicted octanol–water partition coefficient (Wildman–Crippen LogP) is -0.198. The van der Waals surface area contributed by atoms with E-state index in [4.69, 9.17) is 11.0 Å². The lowest BCUT2D eigenvalue weighted by molar-refractivity contribution is -0.114. The number of carbonyl (C=O) groups excluding carboxylic acids is 1. The van der Waals surface area contributed by atoms with Crippen LogP contribution in [0.25, 0.3) is 6.08 Å². The maximum absolute atomic E-state index is 10.6. The van der Waals surface area contributed by atoms with Gasteiger partial charge in [0.1, 0.15) is 11.6 Å². The minimum Gasteiger partial charge on any atom is -0.365 e. The predicted molar refractivity (Wildman–Crippen MR) is 41.4 cm³/mol. The number of nitrogens with zero attached hydrogens (tertiary/aromatic N) is 2. The zero-order chi connectivity index (χ0) is 8.97. The zero-order valence-corrected chi connectivity index (χ0v) is 6.11. The van der Waals surface area contributed by atoms with Crippen LogP contribution >= 0.6 is 0 Å². The summed E-state index contributed by atoms with van der Waals surface area (Å²) in [6, 6.07) is 1.68. The summed E-state index contributed by atoms with van der Waals surface area (Å²) >= 11 is 0. The van der Waals surface area contributed by atoms with Crippen molar-refractivity contribution in [2.45, 2.75) is 0 Å². The maximum Gasteiger partial charge on any atom is 0.259 e. The van der Waals surface area contributed by atoms with Crippen LogP contribution in [0, 0.1) is 11.3 Å². The number of imidazole rings is 1. The van der Waals surface area contributed by atoms with Gasteiger partial charge in [-0.3, -0.25) is 4.79 Å². The van der Waals surface area contributed by atoms with Crippen LogP contribution < -0.4 is 5.73 Å². The fourth-order valence-corrected chi connectivity index (χ4v) is 0.660. The van der Waals surface area contributed by atoms with Crippen molar-refractivity contribution in [3.05, 3.63) is 23.8 Å². The Labute approximate surface area is 68.5 Å². The average molecular weight is 162 g/mol. The first kappa shape index (κ1) is 8.01. The molecule has 1 rings (SSSR count). The van der Waals surface area contributed by atoms with Gasteiger partial charge in [0.15, 0.2) is 0 Å². The Bertz CT molecular complexity index is 344. The van der Waals surface area contributed by atoms with Gasteiger partial charge < -0.3 is 10.7 Å². The van der Waals surface area contributed by atoms with Crippen molar-refractivity contribution >= 4 is 12.0 Å². The Morgan fingerprint density at radius 3 is 3.00 bits per heavy atom. The molecule has 0 aliphatic rings. The number of amides is 1. The summed E-state index contributed by atoms with van der Waals surface area (Å²) < 4.78 is 0. The van der Waals surface area contributed by atoms with Crippen molar-refractivity contribution in [2.24, 2.45) is 5.73 Å². The van der Waals surface area contributed by atoms with Gasteiger partial charge in [0.05, 0.1) is 18.2 Å². The van der Waals surface area contributed by atoms with Crippen LogP contribution in [0.5, 0.6) is 0 Å². The standard InChI is InChI=1S/C7H6N4O/c8-2-5(7(9)12)1-6-3-10-4-11-6/h1,3-4H,(H2,9,12)(H,10,11)/b5-1+. The molecule has 0 unspecified atom stereocenters. The minimum absolute atomic E-state index is 0.0979. The molecule has 3 N–H and O–H groups in total. The van der Waals surface area contributed by atoms with E-state index in [0.29, 0.717) is 5.69 Å². The highest BCUT2D eigenvalue weighted by molar-refractivity contribution is 6.00. The average Bonchev–Trinajstić information content (AvgIpc) is 2.51. The van der Waals surface area contributed by atoms with Crippen molar-refractivity contribution in [3.63, 3.8) is 0 Å². The summed E-state index contributed by atoms with van der Waals surface area (Å²) in [5, 5.41) is 8.44. The van der Waals surface area contributed by atoms with Crippen LogP contribution in [0.4, 0.5) is 0 Å². The number of H-pyrrole nitrogens is 1. The number of nitrogens with two attached hydrogens (primary N) is 1. The van der Waals surface area contributed by atoms with Crippen molar-refractivity contribution in [1.29, 1.82) is 5.26 Å². The molecule has 0 fully saturated rings. The number of nitrogens with one attached hydrogen (secondary N) is 1. The highest BCUT2D eigenvalue weighted by atomic mass is 16.1. The van der Waals surface area contributed by atoms with Crippen molar-refractivity contribution < 1.29 is 4.79 Å². The summed E-state index contributed by atoms with van der Waals surface area (Å²) in [7, 11) is 0. The van der Waals surface area contributed by atoms with Gasteiger partial charge >= 0.3 is 0 Å². The van der Waals surface area contributed by atoms with Crippen LogP contribution in [0.15, 0.2) is 18.1 Å². The first-order valence-electron chi connectivity index (χ1n) is 3.14. The number of rotatable bonds is 2. The van der Waals surface area contributed by atoms with E-state index in [9.17, 15) is 4.79 Å². The van der Waals surface area contributed by atoms with Gasteiger partial charge in [0, 0.05) is 0 Å². The number of nitriles is 1. The molecule has 1 heterocycles. The Morgan fingerprint density at radius 2 is 2.58 bits per heavy atom. The quantitative estimate of drug-likeness (QED) is 0.465. The van der Waals surface area contributed by atoms with Crippen LogP contribution in [-0.4, -0.2) is 15.9 Å². The molecule has 0 aromatic carbocycles. The van der Waals surface area contributed by atoms with E-state index in [1.165, 1.54) is 18.6 Å². The molecule has 1 aromatic rings. The molecule has 0 saturated heterocycles. The van der Waals surface area contributed by atoms with Gasteiger partial charge in [-0.1, -0.05) is 0 Å². The van der Waals surface area contributed by atoms with Crippen LogP contribution in [-0.2, 0) is 4.79 Å². The molecule has 60 valence electrons. The molecule has 5 heteroatoms. The van der Waals surface area contributed by atoms with Crippen LogP contribution in [0.3, 0.4) is 0 Å². The molecule has 0 aliphatic heterocycles. The van der Waals surface area contributed by atoms with Gasteiger partial charge in [-0.25, -0.2) is 4.98 Å². The Balaban J connectivity index is 2.95. The van der Waals surface area contributed by atoms with E-state index >= 15 is 0 Å². The lowest BCUT2D eigenvalue weighted by Gasteiger charge is -1.87. The van der Waals surface area contributed by atoms with Gasteiger partial charge in [-0.15, -0.1) is 0 Å². The maximum atomic E-state index is 10.6. The largest absolute Gasteiger partial charge is 0.365 e. The lowest BCUT2D eigenvalue weighted by Crippen LogP contribution is -2.12. The molecule has 0 saturated carbocycles. The van der Waals surface area contributed by atoms with Crippen LogP contribution in [0.1, 0.15) is 5.69 Å². The van der Waals surface area contributed by atoms with Gasteiger partial charge in [-0.05, 0) is 6.08 Å². The number of hydrogen-bond acceptors (Lipinski definition) is 3. The topological polar surface area (TPSA) is 95.6 Å². The first-order chi connectivity index (χ1) is 5.74. The summed E-state index contributed by atoms with van der Waals surface area (Å²) in [6.07, 6.45) is 4.28. The molecular formula is C7H6N4O. The molecule has 0 aliphatic carbocycles. The van der Waals surface area contributed by atoms with Gasteiger partial charge in [0.2, 0.25) is 0 Å².